The lowest BCUT2D eigenvalue weighted by atomic mass is 9.88. The van der Waals surface area contributed by atoms with E-state index in [0.29, 0.717) is 0 Å². The monoisotopic (exact) mass is 408 g/mol. The van der Waals surface area contributed by atoms with Crippen LogP contribution in [0.5, 0.6) is 5.88 Å². The number of hydrogen-bond acceptors (Lipinski definition) is 6. The molecular formula is C19H19F2N7O. The highest BCUT2D eigenvalue weighted by Gasteiger charge is 2.24. The van der Waals surface area contributed by atoms with Gasteiger partial charge in [-0.3, -0.25) is 4.68 Å². The zero-order valence-corrected chi connectivity index (χ0v) is 14.9. The predicted molar refractivity (Wildman–Crippen MR) is 100 cm³/mol. The minimum atomic E-state index is -3.63. The van der Waals surface area contributed by atoms with Crippen molar-refractivity contribution in [3.8, 4) is 17.3 Å². The predicted octanol–water partition coefficient (Wildman–Crippen LogP) is 3.07. The van der Waals surface area contributed by atoms with Crippen LogP contribution < -0.4 is 4.74 Å². The standard InChI is InChI=1S/C19H19F2N7O/c1-19(2,3)13-8-15-24-25-17(12-7-11(20)5-6-14(12)21)28(15)26-18(13)29-9-16-22-10-23-27(16)4/h5-8,10H,9H2,1-4H3/i1D3,2D3,3D3. The van der Waals surface area contributed by atoms with E-state index in [2.05, 4.69) is 25.4 Å². The Hall–Kier alpha value is -3.43. The van der Waals surface area contributed by atoms with E-state index >= 15 is 0 Å². The summed E-state index contributed by atoms with van der Waals surface area (Å²) >= 11 is 0. The molecule has 8 nitrogen and oxygen atoms in total. The van der Waals surface area contributed by atoms with Crippen molar-refractivity contribution < 1.29 is 25.9 Å². The van der Waals surface area contributed by atoms with Gasteiger partial charge in [0.2, 0.25) is 5.88 Å². The number of aryl methyl sites for hydroxylation is 1. The van der Waals surface area contributed by atoms with E-state index in [9.17, 15) is 8.78 Å². The number of nitrogens with zero attached hydrogens (tertiary/aromatic N) is 7. The molecule has 0 spiro atoms. The summed E-state index contributed by atoms with van der Waals surface area (Å²) < 4.78 is 109. The highest BCUT2D eigenvalue weighted by Crippen LogP contribution is 2.32. The number of rotatable bonds is 4. The fourth-order valence-electron chi connectivity index (χ4n) is 2.61. The SMILES string of the molecule is [2H]C([2H])([2H])C(c1cc2nnc(-c3cc(F)ccc3F)n2nc1OCc1ncnn1C)(C([2H])([2H])[2H])C([2H])([2H])[2H]. The van der Waals surface area contributed by atoms with Crippen LogP contribution in [0, 0.1) is 11.6 Å². The number of halogens is 2. The number of aromatic nitrogens is 7. The summed E-state index contributed by atoms with van der Waals surface area (Å²) in [7, 11) is 1.52. The van der Waals surface area contributed by atoms with Gasteiger partial charge in [0.15, 0.2) is 17.3 Å². The molecule has 0 saturated heterocycles. The molecule has 1 aromatic carbocycles. The van der Waals surface area contributed by atoms with Crippen molar-refractivity contribution >= 4 is 5.65 Å². The zero-order chi connectivity index (χ0) is 28.3. The average Bonchev–Trinajstić information content (AvgIpc) is 3.36. The van der Waals surface area contributed by atoms with Gasteiger partial charge >= 0.3 is 0 Å². The minimum absolute atomic E-state index is 0.195. The van der Waals surface area contributed by atoms with Crippen LogP contribution in [0.4, 0.5) is 8.78 Å². The van der Waals surface area contributed by atoms with Crippen LogP contribution in [-0.2, 0) is 19.1 Å². The number of hydrogen-bond donors (Lipinski definition) is 0. The smallest absolute Gasteiger partial charge is 0.236 e. The van der Waals surface area contributed by atoms with E-state index in [1.54, 1.807) is 0 Å². The molecule has 0 bridgehead atoms. The third-order valence-electron chi connectivity index (χ3n) is 4.08. The van der Waals surface area contributed by atoms with Crippen LogP contribution in [0.2, 0.25) is 0 Å². The number of ether oxygens (including phenoxy) is 1. The van der Waals surface area contributed by atoms with Gasteiger partial charge in [-0.25, -0.2) is 13.8 Å². The molecule has 10 heteroatoms. The van der Waals surface area contributed by atoms with Gasteiger partial charge in [0.05, 0.1) is 5.56 Å². The summed E-state index contributed by atoms with van der Waals surface area (Å²) in [6.07, 6.45) is 1.19. The van der Waals surface area contributed by atoms with E-state index in [-0.39, 0.29) is 22.9 Å². The van der Waals surface area contributed by atoms with Gasteiger partial charge in [0, 0.05) is 24.9 Å². The molecule has 0 aliphatic heterocycles. The minimum Gasteiger partial charge on any atom is -0.468 e. The first-order valence-electron chi connectivity index (χ1n) is 12.7. The second-order valence-corrected chi connectivity index (χ2v) is 6.12. The first kappa shape index (κ1) is 10.9. The molecule has 3 heterocycles. The van der Waals surface area contributed by atoms with Crippen molar-refractivity contribution in [1.82, 2.24) is 34.6 Å². The average molecular weight is 408 g/mol. The normalized spacial score (nSPS) is 17.8. The maximum Gasteiger partial charge on any atom is 0.236 e. The second-order valence-electron chi connectivity index (χ2n) is 6.12. The van der Waals surface area contributed by atoms with Crippen LogP contribution >= 0.6 is 0 Å². The van der Waals surface area contributed by atoms with Crippen LogP contribution in [0.3, 0.4) is 0 Å². The lowest BCUT2D eigenvalue weighted by molar-refractivity contribution is 0.266. The van der Waals surface area contributed by atoms with Gasteiger partial charge < -0.3 is 4.74 Å². The third-order valence-corrected chi connectivity index (χ3v) is 4.08. The van der Waals surface area contributed by atoms with Crippen LogP contribution in [0.25, 0.3) is 17.0 Å². The van der Waals surface area contributed by atoms with Crippen molar-refractivity contribution in [3.05, 3.63) is 53.6 Å². The maximum absolute atomic E-state index is 14.5. The topological polar surface area (TPSA) is 83.0 Å². The summed E-state index contributed by atoms with van der Waals surface area (Å²) in [4.78, 5) is 3.95. The molecule has 3 aromatic heterocycles. The molecule has 29 heavy (non-hydrogen) atoms. The molecular weight excluding hydrogens is 380 g/mol. The fourth-order valence-corrected chi connectivity index (χ4v) is 2.61. The van der Waals surface area contributed by atoms with Gasteiger partial charge in [-0.2, -0.15) is 9.61 Å². The van der Waals surface area contributed by atoms with Crippen molar-refractivity contribution in [1.29, 1.82) is 0 Å². The second kappa shape index (κ2) is 6.87. The Bertz CT molecular complexity index is 1460. The van der Waals surface area contributed by atoms with E-state index in [0.717, 1.165) is 28.8 Å². The molecule has 0 aliphatic carbocycles. The lowest BCUT2D eigenvalue weighted by Crippen LogP contribution is -2.17. The Balaban J connectivity index is 2.06. The first-order chi connectivity index (χ1) is 17.5. The molecule has 0 atom stereocenters. The Labute approximate surface area is 177 Å². The Morgan fingerprint density at radius 3 is 2.72 bits per heavy atom. The summed E-state index contributed by atoms with van der Waals surface area (Å²) in [5, 5.41) is 15.5. The third kappa shape index (κ3) is 3.53. The molecule has 0 radical (unpaired) electrons. The van der Waals surface area contributed by atoms with E-state index < -0.39 is 55.7 Å². The first-order valence-corrected chi connectivity index (χ1v) is 8.17. The summed E-state index contributed by atoms with van der Waals surface area (Å²) in [6, 6.07) is 3.38. The van der Waals surface area contributed by atoms with E-state index in [1.165, 1.54) is 18.1 Å². The van der Waals surface area contributed by atoms with Gasteiger partial charge in [-0.1, -0.05) is 20.6 Å². The molecule has 0 fully saturated rings. The van der Waals surface area contributed by atoms with E-state index in [1.807, 2.05) is 0 Å². The highest BCUT2D eigenvalue weighted by atomic mass is 19.1. The van der Waals surface area contributed by atoms with E-state index in [4.69, 9.17) is 17.1 Å². The van der Waals surface area contributed by atoms with Crippen molar-refractivity contribution in [2.24, 2.45) is 7.05 Å². The summed E-state index contributed by atoms with van der Waals surface area (Å²) in [6.45, 7) is -11.3. The number of benzene rings is 1. The fraction of sp³-hybridized carbons (Fsp3) is 0.316. The van der Waals surface area contributed by atoms with Crippen molar-refractivity contribution in [2.75, 3.05) is 0 Å². The maximum atomic E-state index is 14.5. The molecule has 0 saturated carbocycles. The van der Waals surface area contributed by atoms with Gasteiger partial charge in [-0.15, -0.1) is 15.3 Å². The number of fused-ring (bicyclic) bond motifs is 1. The van der Waals surface area contributed by atoms with Crippen LogP contribution in [-0.4, -0.2) is 34.6 Å². The largest absolute Gasteiger partial charge is 0.468 e. The van der Waals surface area contributed by atoms with Crippen molar-refractivity contribution in [3.63, 3.8) is 0 Å². The molecule has 0 aliphatic rings. The van der Waals surface area contributed by atoms with Gasteiger partial charge in [-0.05, 0) is 29.7 Å². The molecule has 0 amide bonds. The zero-order valence-electron chi connectivity index (χ0n) is 23.9. The molecule has 150 valence electrons. The van der Waals surface area contributed by atoms with Crippen LogP contribution in [0.1, 0.15) is 44.3 Å². The Morgan fingerprint density at radius 2 is 2.00 bits per heavy atom. The Kier molecular flexibility index (Phi) is 2.59. The molecule has 0 unspecified atom stereocenters. The molecule has 4 aromatic rings. The molecule has 0 N–H and O–H groups in total. The molecule has 4 rings (SSSR count). The van der Waals surface area contributed by atoms with Gasteiger partial charge in [0.1, 0.15) is 24.6 Å². The summed E-state index contributed by atoms with van der Waals surface area (Å²) in [5.41, 5.74) is -5.03. The summed E-state index contributed by atoms with van der Waals surface area (Å²) in [5.74, 6) is -2.58. The van der Waals surface area contributed by atoms with Crippen molar-refractivity contribution in [2.45, 2.75) is 32.6 Å². The quantitative estimate of drug-likeness (QED) is 0.516. The van der Waals surface area contributed by atoms with Crippen LogP contribution in [0.15, 0.2) is 30.6 Å². The van der Waals surface area contributed by atoms with Gasteiger partial charge in [0.25, 0.3) is 0 Å². The highest BCUT2D eigenvalue weighted by molar-refractivity contribution is 5.60. The Morgan fingerprint density at radius 1 is 1.17 bits per heavy atom. The lowest BCUT2D eigenvalue weighted by Gasteiger charge is -2.21.